The van der Waals surface area contributed by atoms with Crippen LogP contribution in [-0.2, 0) is 6.42 Å². The van der Waals surface area contributed by atoms with Crippen LogP contribution in [0.4, 0.5) is 0 Å². The molecule has 2 aromatic carbocycles. The summed E-state index contributed by atoms with van der Waals surface area (Å²) in [5.74, 6) is 1.95. The van der Waals surface area contributed by atoms with E-state index >= 15 is 0 Å². The lowest BCUT2D eigenvalue weighted by atomic mass is 9.87. The van der Waals surface area contributed by atoms with Gasteiger partial charge in [0.25, 0.3) is 0 Å². The Morgan fingerprint density at radius 1 is 1.10 bits per heavy atom. The monoisotopic (exact) mass is 406 g/mol. The van der Waals surface area contributed by atoms with Crippen molar-refractivity contribution < 1.29 is 4.74 Å². The van der Waals surface area contributed by atoms with E-state index in [-0.39, 0.29) is 0 Å². The fraction of sp³-hybridized carbons (Fsp3) is 0.444. The summed E-state index contributed by atoms with van der Waals surface area (Å²) in [6.07, 6.45) is 3.16. The van der Waals surface area contributed by atoms with Crippen molar-refractivity contribution in [1.29, 1.82) is 0 Å². The summed E-state index contributed by atoms with van der Waals surface area (Å²) in [7, 11) is 0. The van der Waals surface area contributed by atoms with Crippen LogP contribution in [0.15, 0.2) is 66.2 Å². The number of ether oxygens (including phenoxy) is 1. The predicted octanol–water partition coefficient (Wildman–Crippen LogP) is 6.40. The highest BCUT2D eigenvalue weighted by Crippen LogP contribution is 2.23. The van der Waals surface area contributed by atoms with Crippen LogP contribution in [0.2, 0.25) is 0 Å². The first kappa shape index (κ1) is 23.9. The van der Waals surface area contributed by atoms with Crippen molar-refractivity contribution in [2.75, 3.05) is 19.7 Å². The van der Waals surface area contributed by atoms with E-state index in [9.17, 15) is 0 Å². The first-order valence-electron chi connectivity index (χ1n) is 11.4. The molecule has 0 aliphatic carbocycles. The van der Waals surface area contributed by atoms with E-state index in [2.05, 4.69) is 68.2 Å². The van der Waals surface area contributed by atoms with Gasteiger partial charge in [-0.3, -0.25) is 4.99 Å². The summed E-state index contributed by atoms with van der Waals surface area (Å²) in [5, 5.41) is 3.35. The second-order valence-electron chi connectivity index (χ2n) is 7.61. The Morgan fingerprint density at radius 2 is 1.77 bits per heavy atom. The normalized spacial score (nSPS) is 14.9. The molecule has 0 saturated carbocycles. The first-order valence-corrected chi connectivity index (χ1v) is 11.4. The van der Waals surface area contributed by atoms with Gasteiger partial charge in [0.2, 0.25) is 0 Å². The van der Waals surface area contributed by atoms with Crippen molar-refractivity contribution in [1.82, 2.24) is 5.32 Å². The van der Waals surface area contributed by atoms with Gasteiger partial charge in [-0.25, -0.2) is 0 Å². The van der Waals surface area contributed by atoms with Crippen LogP contribution in [0.25, 0.3) is 5.70 Å². The summed E-state index contributed by atoms with van der Waals surface area (Å²) in [6.45, 7) is 15.5. The van der Waals surface area contributed by atoms with Crippen molar-refractivity contribution in [3.63, 3.8) is 0 Å². The van der Waals surface area contributed by atoms with Crippen molar-refractivity contribution in [3.8, 4) is 5.75 Å². The van der Waals surface area contributed by atoms with Crippen LogP contribution >= 0.6 is 0 Å². The van der Waals surface area contributed by atoms with Crippen molar-refractivity contribution in [2.45, 2.75) is 47.0 Å². The van der Waals surface area contributed by atoms with Gasteiger partial charge >= 0.3 is 0 Å². The Bertz CT molecular complexity index is 770. The lowest BCUT2D eigenvalue weighted by molar-refractivity contribution is 0.311. The Hall–Kier alpha value is -2.39. The SMILES string of the molecule is C=C(N=C(C(C)CC)C1CNC1)c1ccc(OCCCc2ccccc2)cc1.CC. The minimum absolute atomic E-state index is 0.496. The number of benzene rings is 2. The number of nitrogens with one attached hydrogen (secondary N) is 1. The highest BCUT2D eigenvalue weighted by atomic mass is 16.5. The van der Waals surface area contributed by atoms with Gasteiger partial charge in [0.05, 0.1) is 12.3 Å². The molecule has 0 spiro atoms. The van der Waals surface area contributed by atoms with Gasteiger partial charge < -0.3 is 10.1 Å². The zero-order chi connectivity index (χ0) is 21.8. The Kier molecular flexibility index (Phi) is 10.4. The largest absolute Gasteiger partial charge is 0.494 e. The van der Waals surface area contributed by atoms with Crippen LogP contribution in [0.3, 0.4) is 0 Å². The number of aliphatic imine (C=N–C) groups is 1. The van der Waals surface area contributed by atoms with Gasteiger partial charge in [-0.1, -0.05) is 64.6 Å². The second kappa shape index (κ2) is 13.0. The van der Waals surface area contributed by atoms with E-state index in [1.54, 1.807) is 0 Å². The summed E-state index contributed by atoms with van der Waals surface area (Å²) in [5.41, 5.74) is 4.55. The van der Waals surface area contributed by atoms with E-state index in [1.807, 2.05) is 26.0 Å². The molecule has 3 nitrogen and oxygen atoms in total. The van der Waals surface area contributed by atoms with Crippen LogP contribution in [0.1, 0.15) is 51.7 Å². The van der Waals surface area contributed by atoms with E-state index in [0.29, 0.717) is 11.8 Å². The molecule has 1 N–H and O–H groups in total. The molecule has 1 atom stereocenters. The third-order valence-electron chi connectivity index (χ3n) is 5.49. The molecule has 30 heavy (non-hydrogen) atoms. The average Bonchev–Trinajstić information content (AvgIpc) is 2.77. The molecular weight excluding hydrogens is 368 g/mol. The molecule has 2 aromatic rings. The standard InChI is InChI=1S/C25H32N2O.C2H6/c1-4-19(2)25(23-17-26-18-23)27-20(3)22-12-14-24(15-13-22)28-16-8-11-21-9-6-5-7-10-21;1-2/h5-7,9-10,12-15,19,23,26H,3-4,8,11,16-18H2,1-2H3;1-2H3. The molecule has 3 rings (SSSR count). The van der Waals surface area contributed by atoms with Crippen LogP contribution in [0.5, 0.6) is 5.75 Å². The van der Waals surface area contributed by atoms with Gasteiger partial charge in [0, 0.05) is 24.7 Å². The van der Waals surface area contributed by atoms with E-state index in [1.165, 1.54) is 11.3 Å². The second-order valence-corrected chi connectivity index (χ2v) is 7.61. The topological polar surface area (TPSA) is 33.6 Å². The lowest BCUT2D eigenvalue weighted by Crippen LogP contribution is -2.48. The molecule has 3 heteroatoms. The highest BCUT2D eigenvalue weighted by Gasteiger charge is 2.26. The summed E-state index contributed by atoms with van der Waals surface area (Å²) >= 11 is 0. The Labute approximate surface area is 183 Å². The third kappa shape index (κ3) is 7.14. The minimum Gasteiger partial charge on any atom is -0.494 e. The summed E-state index contributed by atoms with van der Waals surface area (Å²) in [4.78, 5) is 4.92. The quantitative estimate of drug-likeness (QED) is 0.366. The maximum absolute atomic E-state index is 5.89. The number of aryl methyl sites for hydroxylation is 1. The Morgan fingerprint density at radius 3 is 2.33 bits per heavy atom. The van der Waals surface area contributed by atoms with Gasteiger partial charge in [-0.2, -0.15) is 0 Å². The molecular formula is C27H38N2O. The van der Waals surface area contributed by atoms with Crippen molar-refractivity contribution >= 4 is 11.4 Å². The molecule has 0 bridgehead atoms. The molecule has 162 valence electrons. The maximum atomic E-state index is 5.89. The van der Waals surface area contributed by atoms with E-state index in [0.717, 1.165) is 56.0 Å². The molecule has 0 amide bonds. The van der Waals surface area contributed by atoms with Crippen molar-refractivity contribution in [2.24, 2.45) is 16.8 Å². The summed E-state index contributed by atoms with van der Waals surface area (Å²) in [6, 6.07) is 18.7. The van der Waals surface area contributed by atoms with E-state index < -0.39 is 0 Å². The van der Waals surface area contributed by atoms with Crippen LogP contribution in [-0.4, -0.2) is 25.4 Å². The number of rotatable bonds is 10. The fourth-order valence-electron chi connectivity index (χ4n) is 3.39. The highest BCUT2D eigenvalue weighted by molar-refractivity contribution is 5.94. The maximum Gasteiger partial charge on any atom is 0.119 e. The van der Waals surface area contributed by atoms with Crippen LogP contribution < -0.4 is 10.1 Å². The third-order valence-corrected chi connectivity index (χ3v) is 5.49. The number of hydrogen-bond donors (Lipinski definition) is 1. The molecule has 1 fully saturated rings. The van der Waals surface area contributed by atoms with Gasteiger partial charge in [-0.05, 0) is 60.6 Å². The van der Waals surface area contributed by atoms with Gasteiger partial charge in [0.1, 0.15) is 5.75 Å². The molecule has 1 unspecified atom stereocenters. The molecule has 1 heterocycles. The fourth-order valence-corrected chi connectivity index (χ4v) is 3.39. The number of hydrogen-bond acceptors (Lipinski definition) is 3. The van der Waals surface area contributed by atoms with Gasteiger partial charge in [-0.15, -0.1) is 0 Å². The average molecular weight is 407 g/mol. The lowest BCUT2D eigenvalue weighted by Gasteiger charge is -2.31. The first-order chi connectivity index (χ1) is 14.7. The van der Waals surface area contributed by atoms with Crippen LogP contribution in [0, 0.1) is 11.8 Å². The summed E-state index contributed by atoms with van der Waals surface area (Å²) < 4.78 is 5.89. The zero-order valence-electron chi connectivity index (χ0n) is 19.2. The zero-order valence-corrected chi connectivity index (χ0v) is 19.2. The molecule has 0 aromatic heterocycles. The molecule has 1 aliphatic rings. The van der Waals surface area contributed by atoms with E-state index in [4.69, 9.17) is 9.73 Å². The van der Waals surface area contributed by atoms with Crippen molar-refractivity contribution in [3.05, 3.63) is 72.3 Å². The predicted molar refractivity (Wildman–Crippen MR) is 130 cm³/mol. The molecule has 1 aliphatic heterocycles. The number of nitrogens with zero attached hydrogens (tertiary/aromatic N) is 1. The molecule has 1 saturated heterocycles. The smallest absolute Gasteiger partial charge is 0.119 e. The minimum atomic E-state index is 0.496. The molecule has 0 radical (unpaired) electrons. The van der Waals surface area contributed by atoms with Gasteiger partial charge in [0.15, 0.2) is 0 Å². The Balaban J connectivity index is 0.00000155.